The Labute approximate surface area is 216 Å². The fourth-order valence-electron chi connectivity index (χ4n) is 4.38. The summed E-state index contributed by atoms with van der Waals surface area (Å²) in [4.78, 5) is 41.8. The molecule has 2 aromatic rings. The first kappa shape index (κ1) is 25.9. The number of nitriles is 1. The second-order valence-corrected chi connectivity index (χ2v) is 9.48. The van der Waals surface area contributed by atoms with Gasteiger partial charge >= 0.3 is 0 Å². The number of carbonyl (C=O) groups is 3. The van der Waals surface area contributed by atoms with Crippen LogP contribution in [0.3, 0.4) is 0 Å². The van der Waals surface area contributed by atoms with Crippen molar-refractivity contribution in [2.75, 3.05) is 28.6 Å². The zero-order valence-corrected chi connectivity index (χ0v) is 21.1. The van der Waals surface area contributed by atoms with Gasteiger partial charge in [0.25, 0.3) is 11.8 Å². The monoisotopic (exact) mass is 501 g/mol. The lowest BCUT2D eigenvalue weighted by molar-refractivity contribution is -0.125. The van der Waals surface area contributed by atoms with Crippen LogP contribution in [0.4, 0.5) is 17.1 Å². The largest absolute Gasteiger partial charge is 0.383 e. The van der Waals surface area contributed by atoms with E-state index in [1.807, 2.05) is 11.8 Å². The molecular weight excluding hydrogens is 470 g/mol. The molecule has 1 saturated carbocycles. The summed E-state index contributed by atoms with van der Waals surface area (Å²) < 4.78 is 0. The van der Waals surface area contributed by atoms with E-state index < -0.39 is 12.0 Å². The maximum Gasteiger partial charge on any atom is 0.261 e. The molecule has 0 spiro atoms. The van der Waals surface area contributed by atoms with E-state index in [4.69, 9.17) is 5.26 Å². The standard InChI is InChI=1S/C28H31N5O4/c1-4-32-18(3)33(16-19-5-6-19)28(37)23-14-22(9-10-24(23)32)30-26(35)12-11-25(34)27(36)31-21-8-7-20(15-29)17(2)13-21/h7-10,13-14,19,25,34H,3-6,11-12,16H2,1-2H3,(H,30,35)(H,31,36)/t25-/m0/s1. The topological polar surface area (TPSA) is 126 Å². The summed E-state index contributed by atoms with van der Waals surface area (Å²) in [6.07, 6.45) is 0.686. The van der Waals surface area contributed by atoms with Crippen LogP contribution in [0.1, 0.15) is 54.1 Å². The molecule has 0 radical (unpaired) electrons. The number of fused-ring (bicyclic) bond motifs is 1. The highest BCUT2D eigenvalue weighted by Gasteiger charge is 2.36. The molecule has 9 heteroatoms. The average Bonchev–Trinajstić information content (AvgIpc) is 3.70. The Morgan fingerprint density at radius 1 is 1.16 bits per heavy atom. The number of rotatable bonds is 9. The van der Waals surface area contributed by atoms with E-state index in [2.05, 4.69) is 23.3 Å². The van der Waals surface area contributed by atoms with E-state index in [1.165, 1.54) is 0 Å². The molecule has 0 aromatic heterocycles. The van der Waals surface area contributed by atoms with Crippen LogP contribution in [0.5, 0.6) is 0 Å². The molecule has 0 saturated heterocycles. The highest BCUT2D eigenvalue weighted by molar-refractivity contribution is 6.05. The summed E-state index contributed by atoms with van der Waals surface area (Å²) in [5, 5.41) is 24.6. The minimum atomic E-state index is -1.38. The summed E-state index contributed by atoms with van der Waals surface area (Å²) in [6.45, 7) is 9.19. The third kappa shape index (κ3) is 5.81. The van der Waals surface area contributed by atoms with Crippen molar-refractivity contribution >= 4 is 34.8 Å². The second-order valence-electron chi connectivity index (χ2n) is 9.48. The molecule has 0 unspecified atom stereocenters. The predicted molar refractivity (Wildman–Crippen MR) is 141 cm³/mol. The van der Waals surface area contributed by atoms with Gasteiger partial charge in [0.05, 0.1) is 22.9 Å². The molecule has 3 amide bonds. The third-order valence-electron chi connectivity index (χ3n) is 6.69. The summed E-state index contributed by atoms with van der Waals surface area (Å²) in [5.74, 6) is 0.0427. The van der Waals surface area contributed by atoms with Crippen molar-refractivity contribution in [3.05, 3.63) is 65.5 Å². The quantitative estimate of drug-likeness (QED) is 0.481. The van der Waals surface area contributed by atoms with Crippen LogP contribution in [0, 0.1) is 24.2 Å². The van der Waals surface area contributed by atoms with Gasteiger partial charge in [0.1, 0.15) is 11.9 Å². The Balaban J connectivity index is 1.35. The van der Waals surface area contributed by atoms with Gasteiger partial charge in [-0.3, -0.25) is 19.3 Å². The summed E-state index contributed by atoms with van der Waals surface area (Å²) >= 11 is 0. The number of nitrogens with one attached hydrogen (secondary N) is 2. The molecule has 1 aliphatic heterocycles. The Kier molecular flexibility index (Phi) is 7.60. The zero-order chi connectivity index (χ0) is 26.7. The number of hydrogen-bond acceptors (Lipinski definition) is 6. The molecule has 0 bridgehead atoms. The van der Waals surface area contributed by atoms with Gasteiger partial charge in [-0.25, -0.2) is 0 Å². The maximum absolute atomic E-state index is 13.2. The smallest absolute Gasteiger partial charge is 0.261 e. The van der Waals surface area contributed by atoms with E-state index in [1.54, 1.807) is 48.2 Å². The Bertz CT molecular complexity index is 1290. The van der Waals surface area contributed by atoms with Crippen LogP contribution in [0.15, 0.2) is 48.8 Å². The van der Waals surface area contributed by atoms with Gasteiger partial charge in [-0.2, -0.15) is 5.26 Å². The third-order valence-corrected chi connectivity index (χ3v) is 6.69. The van der Waals surface area contributed by atoms with Crippen molar-refractivity contribution in [3.8, 4) is 6.07 Å². The lowest BCUT2D eigenvalue weighted by Gasteiger charge is -2.39. The van der Waals surface area contributed by atoms with Crippen LogP contribution < -0.4 is 15.5 Å². The SMILES string of the molecule is C=C1N(CC2CC2)C(=O)c2cc(NC(=O)CC[C@H](O)C(=O)Nc3ccc(C#N)c(C)c3)ccc2N1CC. The normalized spacial score (nSPS) is 15.6. The van der Waals surface area contributed by atoms with Crippen LogP contribution >= 0.6 is 0 Å². The number of nitrogens with zero attached hydrogens (tertiary/aromatic N) is 3. The highest BCUT2D eigenvalue weighted by atomic mass is 16.3. The number of aryl methyl sites for hydroxylation is 1. The van der Waals surface area contributed by atoms with Crippen molar-refractivity contribution < 1.29 is 19.5 Å². The lowest BCUT2D eigenvalue weighted by Crippen LogP contribution is -2.45. The average molecular weight is 502 g/mol. The Morgan fingerprint density at radius 3 is 2.51 bits per heavy atom. The minimum absolute atomic E-state index is 0.0740. The molecule has 1 heterocycles. The zero-order valence-electron chi connectivity index (χ0n) is 21.1. The molecule has 9 nitrogen and oxygen atoms in total. The number of anilines is 3. The van der Waals surface area contributed by atoms with E-state index in [0.29, 0.717) is 52.9 Å². The van der Waals surface area contributed by atoms with Gasteiger partial charge in [-0.05, 0) is 81.0 Å². The number of benzene rings is 2. The van der Waals surface area contributed by atoms with E-state index in [9.17, 15) is 19.5 Å². The van der Waals surface area contributed by atoms with Gasteiger partial charge in [-0.15, -0.1) is 0 Å². The van der Waals surface area contributed by atoms with Crippen molar-refractivity contribution in [1.29, 1.82) is 5.26 Å². The van der Waals surface area contributed by atoms with Crippen LogP contribution in [0.25, 0.3) is 0 Å². The maximum atomic E-state index is 13.2. The van der Waals surface area contributed by atoms with Gasteiger partial charge < -0.3 is 20.6 Å². The predicted octanol–water partition coefficient (Wildman–Crippen LogP) is 3.75. The number of aliphatic hydroxyl groups is 1. The molecule has 1 aliphatic carbocycles. The number of aliphatic hydroxyl groups excluding tert-OH is 1. The molecule has 2 aliphatic rings. The minimum Gasteiger partial charge on any atom is -0.383 e. The molecule has 1 fully saturated rings. The lowest BCUT2D eigenvalue weighted by atomic mass is 10.1. The summed E-state index contributed by atoms with van der Waals surface area (Å²) in [5.41, 5.74) is 3.40. The number of carbonyl (C=O) groups excluding carboxylic acids is 3. The molecule has 192 valence electrons. The van der Waals surface area contributed by atoms with Crippen LogP contribution in [0.2, 0.25) is 0 Å². The van der Waals surface area contributed by atoms with Crippen LogP contribution in [-0.4, -0.2) is 46.9 Å². The van der Waals surface area contributed by atoms with E-state index in [-0.39, 0.29) is 24.7 Å². The van der Waals surface area contributed by atoms with Gasteiger partial charge in [0.15, 0.2) is 0 Å². The molecule has 37 heavy (non-hydrogen) atoms. The second kappa shape index (κ2) is 10.8. The van der Waals surface area contributed by atoms with E-state index in [0.717, 1.165) is 18.5 Å². The number of hydrogen-bond donors (Lipinski definition) is 3. The Morgan fingerprint density at radius 2 is 1.86 bits per heavy atom. The van der Waals surface area contributed by atoms with Crippen molar-refractivity contribution in [3.63, 3.8) is 0 Å². The van der Waals surface area contributed by atoms with Crippen molar-refractivity contribution in [2.24, 2.45) is 5.92 Å². The van der Waals surface area contributed by atoms with Gasteiger partial charge in [0, 0.05) is 30.9 Å². The van der Waals surface area contributed by atoms with E-state index >= 15 is 0 Å². The molecule has 4 rings (SSSR count). The molecule has 3 N–H and O–H groups in total. The molecule has 1 atom stereocenters. The Hall–Kier alpha value is -4.16. The van der Waals surface area contributed by atoms with Crippen LogP contribution in [-0.2, 0) is 9.59 Å². The fourth-order valence-corrected chi connectivity index (χ4v) is 4.38. The fraction of sp³-hybridized carbons (Fsp3) is 0.357. The van der Waals surface area contributed by atoms with Crippen molar-refractivity contribution in [2.45, 2.75) is 45.6 Å². The molecule has 2 aromatic carbocycles. The summed E-state index contributed by atoms with van der Waals surface area (Å²) in [7, 11) is 0. The van der Waals surface area contributed by atoms with Gasteiger partial charge in [0.2, 0.25) is 5.91 Å². The van der Waals surface area contributed by atoms with Crippen molar-refractivity contribution in [1.82, 2.24) is 4.90 Å². The first-order chi connectivity index (χ1) is 17.7. The molecular formula is C28H31N5O4. The summed E-state index contributed by atoms with van der Waals surface area (Å²) in [6, 6.07) is 12.1. The van der Waals surface area contributed by atoms with Gasteiger partial charge in [-0.1, -0.05) is 6.58 Å². The first-order valence-corrected chi connectivity index (χ1v) is 12.4. The first-order valence-electron chi connectivity index (χ1n) is 12.4. The highest BCUT2D eigenvalue weighted by Crippen LogP contribution is 2.37. The number of amides is 3.